The number of aromatic nitrogens is 1. The molecule has 3 heteroatoms. The second kappa shape index (κ2) is 5.55. The van der Waals surface area contributed by atoms with Crippen molar-refractivity contribution < 1.29 is 0 Å². The molecular weight excluding hydrogens is 150 g/mol. The van der Waals surface area contributed by atoms with Crippen LogP contribution in [0.15, 0.2) is 12.3 Å². The van der Waals surface area contributed by atoms with E-state index in [0.717, 1.165) is 11.1 Å². The molecule has 0 amide bonds. The van der Waals surface area contributed by atoms with Crippen LogP contribution in [0.5, 0.6) is 0 Å². The first-order valence-electron chi connectivity index (χ1n) is 4.15. The summed E-state index contributed by atoms with van der Waals surface area (Å²) in [6.45, 7) is 6.49. The predicted octanol–water partition coefficient (Wildman–Crippen LogP) is 1.46. The maximum absolute atomic E-state index is 5.44. The molecule has 0 fully saturated rings. The summed E-state index contributed by atoms with van der Waals surface area (Å²) in [6.07, 6.45) is 1.73. The van der Waals surface area contributed by atoms with Crippen LogP contribution in [0.1, 0.15) is 25.0 Å². The van der Waals surface area contributed by atoms with Gasteiger partial charge in [0.1, 0.15) is 5.82 Å². The van der Waals surface area contributed by atoms with Crippen molar-refractivity contribution >= 4 is 5.82 Å². The van der Waals surface area contributed by atoms with Crippen LogP contribution in [-0.2, 0) is 6.54 Å². The monoisotopic (exact) mass is 167 g/mol. The highest BCUT2D eigenvalue weighted by Crippen LogP contribution is 2.07. The molecule has 0 radical (unpaired) electrons. The van der Waals surface area contributed by atoms with Gasteiger partial charge in [0.2, 0.25) is 0 Å². The lowest BCUT2D eigenvalue weighted by Gasteiger charge is -2.01. The molecule has 3 nitrogen and oxygen atoms in total. The van der Waals surface area contributed by atoms with Gasteiger partial charge in [-0.2, -0.15) is 0 Å². The van der Waals surface area contributed by atoms with E-state index in [4.69, 9.17) is 11.5 Å². The van der Waals surface area contributed by atoms with E-state index in [-0.39, 0.29) is 0 Å². The van der Waals surface area contributed by atoms with Gasteiger partial charge in [0, 0.05) is 12.7 Å². The van der Waals surface area contributed by atoms with Gasteiger partial charge in [0.25, 0.3) is 0 Å². The summed E-state index contributed by atoms with van der Waals surface area (Å²) in [7, 11) is 0. The average molecular weight is 167 g/mol. The fraction of sp³-hybridized carbons (Fsp3) is 0.444. The quantitative estimate of drug-likeness (QED) is 0.665. The molecule has 1 aromatic heterocycles. The summed E-state index contributed by atoms with van der Waals surface area (Å²) < 4.78 is 0. The van der Waals surface area contributed by atoms with E-state index in [1.54, 1.807) is 12.3 Å². The Bertz CT molecular complexity index is 233. The zero-order valence-corrected chi connectivity index (χ0v) is 7.96. The van der Waals surface area contributed by atoms with Crippen molar-refractivity contribution in [2.75, 3.05) is 5.73 Å². The zero-order valence-electron chi connectivity index (χ0n) is 7.96. The molecule has 0 aliphatic heterocycles. The summed E-state index contributed by atoms with van der Waals surface area (Å²) >= 11 is 0. The van der Waals surface area contributed by atoms with E-state index >= 15 is 0 Å². The highest BCUT2D eigenvalue weighted by Gasteiger charge is 1.95. The fourth-order valence-electron chi connectivity index (χ4n) is 0.804. The molecule has 0 aliphatic carbocycles. The molecule has 0 saturated carbocycles. The summed E-state index contributed by atoms with van der Waals surface area (Å²) in [5.74, 6) is 0.533. The van der Waals surface area contributed by atoms with E-state index in [1.807, 2.05) is 20.8 Å². The van der Waals surface area contributed by atoms with Crippen LogP contribution in [0.25, 0.3) is 0 Å². The maximum Gasteiger partial charge on any atom is 0.123 e. The topological polar surface area (TPSA) is 64.9 Å². The zero-order chi connectivity index (χ0) is 9.56. The lowest BCUT2D eigenvalue weighted by molar-refractivity contribution is 1.04. The third-order valence-corrected chi connectivity index (χ3v) is 1.46. The highest BCUT2D eigenvalue weighted by atomic mass is 14.8. The Morgan fingerprint density at radius 3 is 2.42 bits per heavy atom. The summed E-state index contributed by atoms with van der Waals surface area (Å²) in [4.78, 5) is 3.91. The lowest BCUT2D eigenvalue weighted by Crippen LogP contribution is -2.01. The van der Waals surface area contributed by atoms with Gasteiger partial charge in [0.05, 0.1) is 0 Å². The molecule has 4 N–H and O–H groups in total. The number of anilines is 1. The Morgan fingerprint density at radius 2 is 2.00 bits per heavy atom. The van der Waals surface area contributed by atoms with Crippen molar-refractivity contribution in [3.05, 3.63) is 23.4 Å². The first-order valence-corrected chi connectivity index (χ1v) is 4.15. The van der Waals surface area contributed by atoms with Crippen molar-refractivity contribution in [3.63, 3.8) is 0 Å². The van der Waals surface area contributed by atoms with Gasteiger partial charge in [-0.3, -0.25) is 0 Å². The third kappa shape index (κ3) is 2.88. The van der Waals surface area contributed by atoms with Crippen molar-refractivity contribution in [2.24, 2.45) is 5.73 Å². The van der Waals surface area contributed by atoms with E-state index in [1.165, 1.54) is 0 Å². The average Bonchev–Trinajstić information content (AvgIpc) is 2.13. The number of rotatable bonds is 1. The van der Waals surface area contributed by atoms with Crippen LogP contribution >= 0.6 is 0 Å². The highest BCUT2D eigenvalue weighted by molar-refractivity contribution is 5.36. The Hall–Kier alpha value is -1.09. The number of aryl methyl sites for hydroxylation is 1. The van der Waals surface area contributed by atoms with Crippen LogP contribution in [0.3, 0.4) is 0 Å². The molecule has 12 heavy (non-hydrogen) atoms. The van der Waals surface area contributed by atoms with Gasteiger partial charge in [0.15, 0.2) is 0 Å². The van der Waals surface area contributed by atoms with Crippen LogP contribution in [0.2, 0.25) is 0 Å². The number of hydrogen-bond acceptors (Lipinski definition) is 3. The Morgan fingerprint density at radius 1 is 1.42 bits per heavy atom. The summed E-state index contributed by atoms with van der Waals surface area (Å²) in [6, 6.07) is 1.80. The van der Waals surface area contributed by atoms with Crippen LogP contribution in [0.4, 0.5) is 5.82 Å². The van der Waals surface area contributed by atoms with Gasteiger partial charge in [-0.25, -0.2) is 4.98 Å². The van der Waals surface area contributed by atoms with E-state index < -0.39 is 0 Å². The van der Waals surface area contributed by atoms with Crippen molar-refractivity contribution in [1.29, 1.82) is 0 Å². The first-order chi connectivity index (χ1) is 5.74. The van der Waals surface area contributed by atoms with Gasteiger partial charge >= 0.3 is 0 Å². The largest absolute Gasteiger partial charge is 0.384 e. The molecule has 0 bridgehead atoms. The molecule has 1 rings (SSSR count). The first kappa shape index (κ1) is 10.9. The van der Waals surface area contributed by atoms with Crippen molar-refractivity contribution in [1.82, 2.24) is 4.98 Å². The normalized spacial score (nSPS) is 8.67. The second-order valence-corrected chi connectivity index (χ2v) is 2.24. The van der Waals surface area contributed by atoms with Crippen molar-refractivity contribution in [2.45, 2.75) is 27.3 Å². The number of nitrogens with zero attached hydrogens (tertiary/aromatic N) is 1. The molecule has 0 atom stereocenters. The number of nitrogen functional groups attached to an aromatic ring is 1. The third-order valence-electron chi connectivity index (χ3n) is 1.46. The Kier molecular flexibility index (Phi) is 5.04. The minimum atomic E-state index is 0.526. The van der Waals surface area contributed by atoms with Gasteiger partial charge < -0.3 is 11.5 Å². The smallest absolute Gasteiger partial charge is 0.123 e. The van der Waals surface area contributed by atoms with Crippen LogP contribution < -0.4 is 11.5 Å². The SMILES string of the molecule is CC.Cc1cnc(N)cc1CN. The second-order valence-electron chi connectivity index (χ2n) is 2.24. The molecule has 0 spiro atoms. The maximum atomic E-state index is 5.44. The molecule has 0 aromatic carbocycles. The van der Waals surface area contributed by atoms with Crippen LogP contribution in [-0.4, -0.2) is 4.98 Å². The molecule has 0 saturated heterocycles. The molecule has 1 heterocycles. The van der Waals surface area contributed by atoms with Gasteiger partial charge in [-0.05, 0) is 24.1 Å². The van der Waals surface area contributed by atoms with Gasteiger partial charge in [-0.1, -0.05) is 13.8 Å². The number of nitrogens with two attached hydrogens (primary N) is 2. The lowest BCUT2D eigenvalue weighted by atomic mass is 10.1. The van der Waals surface area contributed by atoms with E-state index in [9.17, 15) is 0 Å². The molecule has 1 aromatic rings. The molecule has 0 unspecified atom stereocenters. The minimum absolute atomic E-state index is 0.526. The fourth-order valence-corrected chi connectivity index (χ4v) is 0.804. The van der Waals surface area contributed by atoms with Gasteiger partial charge in [-0.15, -0.1) is 0 Å². The summed E-state index contributed by atoms with van der Waals surface area (Å²) in [5.41, 5.74) is 13.0. The Labute approximate surface area is 73.8 Å². The number of pyridine rings is 1. The molecular formula is C9H17N3. The van der Waals surface area contributed by atoms with Crippen LogP contribution in [0, 0.1) is 6.92 Å². The van der Waals surface area contributed by atoms with E-state index in [0.29, 0.717) is 12.4 Å². The predicted molar refractivity (Wildman–Crippen MR) is 52.6 cm³/mol. The number of hydrogen-bond donors (Lipinski definition) is 2. The van der Waals surface area contributed by atoms with Crippen molar-refractivity contribution in [3.8, 4) is 0 Å². The minimum Gasteiger partial charge on any atom is -0.384 e. The summed E-state index contributed by atoms with van der Waals surface area (Å²) in [5, 5.41) is 0. The molecule has 0 aliphatic rings. The van der Waals surface area contributed by atoms with E-state index in [2.05, 4.69) is 4.98 Å². The molecule has 68 valence electrons. The standard InChI is InChI=1S/C7H11N3.C2H6/c1-5-4-10-7(9)2-6(5)3-8;1-2/h2,4H,3,8H2,1H3,(H2,9,10);1-2H3. The Balaban J connectivity index is 0.000000561.